The largest absolute Gasteiger partial charge is 0.445 e. The molecule has 6 heteroatoms. The number of hydrogen-bond donors (Lipinski definition) is 2. The van der Waals surface area contributed by atoms with E-state index in [-0.39, 0.29) is 25.6 Å². The Labute approximate surface area is 169 Å². The van der Waals surface area contributed by atoms with Crippen LogP contribution in [0, 0.1) is 11.3 Å². The third kappa shape index (κ3) is 5.56. The topological polar surface area (TPSA) is 91.2 Å². The van der Waals surface area contributed by atoms with E-state index in [1.807, 2.05) is 78.9 Å². The molecule has 0 heterocycles. The maximum Gasteiger partial charge on any atom is 0.407 e. The highest BCUT2D eigenvalue weighted by Gasteiger charge is 2.22. The Kier molecular flexibility index (Phi) is 6.80. The number of rotatable bonds is 7. The van der Waals surface area contributed by atoms with Gasteiger partial charge in [0, 0.05) is 6.54 Å². The lowest BCUT2D eigenvalue weighted by Gasteiger charge is -2.18. The van der Waals surface area contributed by atoms with Crippen LogP contribution < -0.4 is 10.6 Å². The van der Waals surface area contributed by atoms with Crippen LogP contribution in [0.1, 0.15) is 17.0 Å². The van der Waals surface area contributed by atoms with Gasteiger partial charge in [0.25, 0.3) is 0 Å². The number of nitrogens with zero attached hydrogens (tertiary/aromatic N) is 1. The number of alkyl carbamates (subject to hydrolysis) is 1. The Balaban J connectivity index is 1.68. The van der Waals surface area contributed by atoms with Gasteiger partial charge < -0.3 is 15.4 Å². The first-order valence-electron chi connectivity index (χ1n) is 9.25. The highest BCUT2D eigenvalue weighted by Crippen LogP contribution is 2.22. The summed E-state index contributed by atoms with van der Waals surface area (Å²) in [6.07, 6.45) is -0.604. The fourth-order valence-corrected chi connectivity index (χ4v) is 3.00. The molecule has 0 spiro atoms. The smallest absolute Gasteiger partial charge is 0.407 e. The van der Waals surface area contributed by atoms with Crippen LogP contribution in [-0.4, -0.2) is 25.1 Å². The zero-order chi connectivity index (χ0) is 20.5. The Morgan fingerprint density at radius 3 is 2.41 bits per heavy atom. The summed E-state index contributed by atoms with van der Waals surface area (Å²) in [4.78, 5) is 24.7. The van der Waals surface area contributed by atoms with E-state index in [0.717, 1.165) is 21.9 Å². The van der Waals surface area contributed by atoms with Crippen molar-refractivity contribution in [3.05, 3.63) is 83.9 Å². The van der Waals surface area contributed by atoms with Gasteiger partial charge in [-0.2, -0.15) is 5.26 Å². The number of carbonyl (C=O) groups excluding carboxylic acids is 2. The van der Waals surface area contributed by atoms with Gasteiger partial charge >= 0.3 is 6.09 Å². The molecule has 0 aliphatic heterocycles. The monoisotopic (exact) mass is 387 g/mol. The number of benzene rings is 3. The molecule has 0 bridgehead atoms. The van der Waals surface area contributed by atoms with Crippen molar-refractivity contribution in [3.8, 4) is 6.07 Å². The van der Waals surface area contributed by atoms with Gasteiger partial charge in [0.15, 0.2) is 0 Å². The number of nitriles is 1. The fourth-order valence-electron chi connectivity index (χ4n) is 3.00. The van der Waals surface area contributed by atoms with Gasteiger partial charge in [0.05, 0.1) is 12.0 Å². The van der Waals surface area contributed by atoms with Crippen molar-refractivity contribution >= 4 is 22.8 Å². The number of fused-ring (bicyclic) bond motifs is 1. The van der Waals surface area contributed by atoms with Crippen LogP contribution in [0.4, 0.5) is 4.79 Å². The number of amides is 2. The van der Waals surface area contributed by atoms with Crippen LogP contribution in [-0.2, 0) is 16.1 Å². The van der Waals surface area contributed by atoms with E-state index in [9.17, 15) is 9.59 Å². The molecule has 3 rings (SSSR count). The fraction of sp³-hybridized carbons (Fsp3) is 0.174. The van der Waals surface area contributed by atoms with E-state index in [1.54, 1.807) is 0 Å². The van der Waals surface area contributed by atoms with Crippen molar-refractivity contribution in [1.29, 1.82) is 5.26 Å². The predicted molar refractivity (Wildman–Crippen MR) is 110 cm³/mol. The second kappa shape index (κ2) is 9.90. The summed E-state index contributed by atoms with van der Waals surface area (Å²) in [5, 5.41) is 16.0. The van der Waals surface area contributed by atoms with Crippen LogP contribution in [0.5, 0.6) is 0 Å². The molecule has 0 radical (unpaired) electrons. The molecule has 3 aromatic rings. The van der Waals surface area contributed by atoms with E-state index in [0.29, 0.717) is 0 Å². The summed E-state index contributed by atoms with van der Waals surface area (Å²) in [5.41, 5.74) is 1.63. The molecule has 0 aromatic heterocycles. The lowest BCUT2D eigenvalue weighted by atomic mass is 9.95. The van der Waals surface area contributed by atoms with Crippen molar-refractivity contribution in [2.75, 3.05) is 13.1 Å². The average Bonchev–Trinajstić information content (AvgIpc) is 2.77. The van der Waals surface area contributed by atoms with Gasteiger partial charge in [-0.05, 0) is 21.9 Å². The van der Waals surface area contributed by atoms with Crippen LogP contribution in [0.25, 0.3) is 10.8 Å². The molecule has 3 aromatic carbocycles. The molecule has 0 aliphatic rings. The summed E-state index contributed by atoms with van der Waals surface area (Å²) < 4.78 is 5.21. The summed E-state index contributed by atoms with van der Waals surface area (Å²) in [6, 6.07) is 24.8. The van der Waals surface area contributed by atoms with Gasteiger partial charge in [-0.15, -0.1) is 0 Å². The van der Waals surface area contributed by atoms with E-state index < -0.39 is 12.0 Å². The Morgan fingerprint density at radius 2 is 1.66 bits per heavy atom. The van der Waals surface area contributed by atoms with Gasteiger partial charge in [-0.1, -0.05) is 72.8 Å². The SMILES string of the molecule is N#CCNC(=O)C(CNC(=O)OCc1ccccc1)c1ccc2ccccc2c1. The first-order chi connectivity index (χ1) is 14.2. The molecule has 2 N–H and O–H groups in total. The van der Waals surface area contributed by atoms with E-state index in [1.165, 1.54) is 0 Å². The minimum absolute atomic E-state index is 0.0588. The summed E-state index contributed by atoms with van der Waals surface area (Å²) >= 11 is 0. The summed E-state index contributed by atoms with van der Waals surface area (Å²) in [7, 11) is 0. The first kappa shape index (κ1) is 19.9. The molecule has 2 amide bonds. The van der Waals surface area contributed by atoms with Crippen molar-refractivity contribution in [3.63, 3.8) is 0 Å². The molecule has 0 fully saturated rings. The number of ether oxygens (including phenoxy) is 1. The lowest BCUT2D eigenvalue weighted by molar-refractivity contribution is -0.122. The molecule has 1 atom stereocenters. The average molecular weight is 387 g/mol. The van der Waals surface area contributed by atoms with Crippen molar-refractivity contribution in [2.24, 2.45) is 0 Å². The molecule has 0 aliphatic carbocycles. The summed E-state index contributed by atoms with van der Waals surface area (Å²) in [6.45, 7) is 0.110. The second-order valence-corrected chi connectivity index (χ2v) is 6.48. The minimum Gasteiger partial charge on any atom is -0.445 e. The van der Waals surface area contributed by atoms with E-state index in [4.69, 9.17) is 10.00 Å². The lowest BCUT2D eigenvalue weighted by Crippen LogP contribution is -2.37. The van der Waals surface area contributed by atoms with Crippen molar-refractivity contribution < 1.29 is 14.3 Å². The molecule has 0 saturated heterocycles. The van der Waals surface area contributed by atoms with Crippen LogP contribution in [0.2, 0.25) is 0 Å². The summed E-state index contributed by atoms with van der Waals surface area (Å²) in [5.74, 6) is -0.970. The van der Waals surface area contributed by atoms with Crippen LogP contribution >= 0.6 is 0 Å². The van der Waals surface area contributed by atoms with Gasteiger partial charge in [0.1, 0.15) is 13.2 Å². The minimum atomic E-state index is -0.641. The highest BCUT2D eigenvalue weighted by atomic mass is 16.5. The quantitative estimate of drug-likeness (QED) is 0.607. The Hall–Kier alpha value is -3.85. The number of hydrogen-bond acceptors (Lipinski definition) is 4. The second-order valence-electron chi connectivity index (χ2n) is 6.48. The third-order valence-corrected chi connectivity index (χ3v) is 4.50. The van der Waals surface area contributed by atoms with Crippen molar-refractivity contribution in [2.45, 2.75) is 12.5 Å². The highest BCUT2D eigenvalue weighted by molar-refractivity contribution is 5.88. The normalized spacial score (nSPS) is 11.3. The molecule has 6 nitrogen and oxygen atoms in total. The van der Waals surface area contributed by atoms with Gasteiger partial charge in [0.2, 0.25) is 5.91 Å². The molecule has 0 saturated carbocycles. The first-order valence-corrected chi connectivity index (χ1v) is 9.25. The van der Waals surface area contributed by atoms with E-state index in [2.05, 4.69) is 10.6 Å². The number of nitrogens with one attached hydrogen (secondary N) is 2. The maximum absolute atomic E-state index is 12.6. The maximum atomic E-state index is 12.6. The van der Waals surface area contributed by atoms with Crippen LogP contribution in [0.3, 0.4) is 0 Å². The van der Waals surface area contributed by atoms with Gasteiger partial charge in [-0.25, -0.2) is 4.79 Å². The molecule has 146 valence electrons. The number of carbonyl (C=O) groups is 2. The molecular weight excluding hydrogens is 366 g/mol. The Morgan fingerprint density at radius 1 is 0.931 bits per heavy atom. The molecule has 1 unspecified atom stereocenters. The Bertz CT molecular complexity index is 1030. The van der Waals surface area contributed by atoms with Crippen molar-refractivity contribution in [1.82, 2.24) is 10.6 Å². The molecule has 29 heavy (non-hydrogen) atoms. The standard InChI is InChI=1S/C23H21N3O3/c24-12-13-25-22(27)21(20-11-10-18-8-4-5-9-19(18)14-20)15-26-23(28)29-16-17-6-2-1-3-7-17/h1-11,14,21H,13,15-16H2,(H,25,27)(H,26,28). The molecular formula is C23H21N3O3. The van der Waals surface area contributed by atoms with Gasteiger partial charge in [-0.3, -0.25) is 4.79 Å². The zero-order valence-electron chi connectivity index (χ0n) is 15.8. The van der Waals surface area contributed by atoms with Crippen LogP contribution in [0.15, 0.2) is 72.8 Å². The van der Waals surface area contributed by atoms with E-state index >= 15 is 0 Å². The predicted octanol–water partition coefficient (Wildman–Crippen LogP) is 3.49. The zero-order valence-corrected chi connectivity index (χ0v) is 15.8. The third-order valence-electron chi connectivity index (χ3n) is 4.50.